The number of nitrogens with zero attached hydrogens (tertiary/aromatic N) is 1. The smallest absolute Gasteiger partial charge is 0.244 e. The molecule has 0 aromatic heterocycles. The summed E-state index contributed by atoms with van der Waals surface area (Å²) in [6, 6.07) is 6.81. The van der Waals surface area contributed by atoms with E-state index in [1.807, 2.05) is 13.8 Å². The minimum atomic E-state index is -3.49. The number of unbranched alkanes of at least 4 members (excludes halogenated alkanes) is 1. The molecule has 0 bridgehead atoms. The van der Waals surface area contributed by atoms with Gasteiger partial charge in [0.2, 0.25) is 10.0 Å². The molecule has 2 N–H and O–H groups in total. The number of hydrogen-bond acceptors (Lipinski definition) is 3. The Morgan fingerprint density at radius 1 is 1.25 bits per heavy atom. The Bertz CT molecular complexity index is 585. The maximum atomic E-state index is 12.7. The second kappa shape index (κ2) is 8.05. The summed E-state index contributed by atoms with van der Waals surface area (Å²) < 4.78 is 26.9. The van der Waals surface area contributed by atoms with Crippen LogP contribution in [-0.4, -0.2) is 32.4 Å². The average molecular weight is 294 g/mol. The molecule has 0 saturated carbocycles. The summed E-state index contributed by atoms with van der Waals surface area (Å²) in [5.74, 6) is 5.55. The average Bonchev–Trinajstić information content (AvgIpc) is 2.46. The van der Waals surface area contributed by atoms with Crippen molar-refractivity contribution >= 4 is 10.0 Å². The molecule has 0 heterocycles. The fraction of sp³-hybridized carbons (Fsp3) is 0.467. The summed E-state index contributed by atoms with van der Waals surface area (Å²) in [6.07, 6.45) is 1.81. The molecule has 110 valence electrons. The fourth-order valence-electron chi connectivity index (χ4n) is 1.86. The van der Waals surface area contributed by atoms with E-state index in [0.29, 0.717) is 18.7 Å². The quantitative estimate of drug-likeness (QED) is 0.814. The van der Waals surface area contributed by atoms with Crippen LogP contribution in [0.5, 0.6) is 0 Å². The van der Waals surface area contributed by atoms with Crippen LogP contribution in [0.3, 0.4) is 0 Å². The van der Waals surface area contributed by atoms with Crippen molar-refractivity contribution in [2.45, 2.75) is 31.6 Å². The zero-order valence-corrected chi connectivity index (χ0v) is 12.9. The Kier molecular flexibility index (Phi) is 6.73. The topological polar surface area (TPSA) is 63.4 Å². The molecule has 4 nitrogen and oxygen atoms in total. The number of nitrogens with two attached hydrogens (primary N) is 1. The van der Waals surface area contributed by atoms with Crippen LogP contribution in [0.2, 0.25) is 0 Å². The zero-order valence-electron chi connectivity index (χ0n) is 12.1. The lowest BCUT2D eigenvalue weighted by atomic mass is 10.2. The number of sulfonamides is 1. The van der Waals surface area contributed by atoms with E-state index in [1.54, 1.807) is 24.3 Å². The molecule has 5 heteroatoms. The highest BCUT2D eigenvalue weighted by molar-refractivity contribution is 7.89. The van der Waals surface area contributed by atoms with Crippen molar-refractivity contribution in [3.05, 3.63) is 29.8 Å². The first-order valence-corrected chi connectivity index (χ1v) is 8.30. The second-order valence-electron chi connectivity index (χ2n) is 4.35. The maximum Gasteiger partial charge on any atom is 0.244 e. The maximum absolute atomic E-state index is 12.7. The first kappa shape index (κ1) is 16.7. The molecule has 0 saturated heterocycles. The summed E-state index contributed by atoms with van der Waals surface area (Å²) in [5, 5.41) is 0. The third-order valence-electron chi connectivity index (χ3n) is 2.94. The lowest BCUT2D eigenvalue weighted by Crippen LogP contribution is -2.32. The molecule has 1 aromatic rings. The van der Waals surface area contributed by atoms with Crippen LogP contribution in [0.15, 0.2) is 29.2 Å². The van der Waals surface area contributed by atoms with Gasteiger partial charge in [-0.25, -0.2) is 8.42 Å². The van der Waals surface area contributed by atoms with Crippen LogP contribution >= 0.6 is 0 Å². The Morgan fingerprint density at radius 3 is 2.55 bits per heavy atom. The molecule has 0 amide bonds. The normalized spacial score (nSPS) is 11.2. The van der Waals surface area contributed by atoms with Crippen molar-refractivity contribution in [1.29, 1.82) is 0 Å². The number of rotatable bonds is 6. The lowest BCUT2D eigenvalue weighted by molar-refractivity contribution is 0.419. The van der Waals surface area contributed by atoms with Gasteiger partial charge in [-0.3, -0.25) is 0 Å². The van der Waals surface area contributed by atoms with Crippen LogP contribution in [-0.2, 0) is 10.0 Å². The predicted octanol–water partition coefficient (Wildman–Crippen LogP) is 1.81. The Labute approximate surface area is 122 Å². The molecule has 20 heavy (non-hydrogen) atoms. The van der Waals surface area contributed by atoms with Crippen molar-refractivity contribution in [1.82, 2.24) is 4.31 Å². The van der Waals surface area contributed by atoms with Crippen molar-refractivity contribution in [3.8, 4) is 11.8 Å². The molecule has 0 radical (unpaired) electrons. The highest BCUT2D eigenvalue weighted by Gasteiger charge is 2.24. The van der Waals surface area contributed by atoms with E-state index in [1.165, 1.54) is 4.31 Å². The van der Waals surface area contributed by atoms with Gasteiger partial charge >= 0.3 is 0 Å². The summed E-state index contributed by atoms with van der Waals surface area (Å²) >= 11 is 0. The van der Waals surface area contributed by atoms with E-state index in [4.69, 9.17) is 5.73 Å². The molecule has 0 aliphatic rings. The fourth-order valence-corrected chi connectivity index (χ4v) is 3.50. The van der Waals surface area contributed by atoms with Crippen LogP contribution in [0.1, 0.15) is 32.3 Å². The van der Waals surface area contributed by atoms with Gasteiger partial charge in [0.25, 0.3) is 0 Å². The summed E-state index contributed by atoms with van der Waals surface area (Å²) in [4.78, 5) is 0.263. The van der Waals surface area contributed by atoms with Gasteiger partial charge in [-0.2, -0.15) is 4.31 Å². The first-order chi connectivity index (χ1) is 9.57. The summed E-state index contributed by atoms with van der Waals surface area (Å²) in [5.41, 5.74) is 5.86. The molecule has 0 unspecified atom stereocenters. The van der Waals surface area contributed by atoms with Gasteiger partial charge < -0.3 is 5.73 Å². The second-order valence-corrected chi connectivity index (χ2v) is 6.26. The summed E-state index contributed by atoms with van der Waals surface area (Å²) in [6.45, 7) is 5.10. The molecule has 1 aromatic carbocycles. The molecule has 0 fully saturated rings. The largest absolute Gasteiger partial charge is 0.320 e. The number of benzene rings is 1. The van der Waals surface area contributed by atoms with Gasteiger partial charge in [-0.05, 0) is 18.6 Å². The monoisotopic (exact) mass is 294 g/mol. The molecule has 0 aliphatic heterocycles. The van der Waals surface area contributed by atoms with Gasteiger partial charge in [0, 0.05) is 18.7 Å². The van der Waals surface area contributed by atoms with E-state index in [0.717, 1.165) is 12.8 Å². The minimum Gasteiger partial charge on any atom is -0.320 e. The highest BCUT2D eigenvalue weighted by Crippen LogP contribution is 2.20. The third-order valence-corrected chi connectivity index (χ3v) is 4.98. The predicted molar refractivity (Wildman–Crippen MR) is 81.7 cm³/mol. The van der Waals surface area contributed by atoms with Gasteiger partial charge in [0.15, 0.2) is 0 Å². The van der Waals surface area contributed by atoms with Crippen LogP contribution in [0.4, 0.5) is 0 Å². The molecular weight excluding hydrogens is 272 g/mol. The standard InChI is InChI=1S/C15H22N2O2S/c1-3-5-13-17(4-2)20(18,19)15-11-7-6-9-14(15)10-8-12-16/h6-7,9,11H,3-5,12-13,16H2,1-2H3. The van der Waals surface area contributed by atoms with Crippen LogP contribution in [0, 0.1) is 11.8 Å². The van der Waals surface area contributed by atoms with Crippen molar-refractivity contribution in [2.24, 2.45) is 5.73 Å². The molecule has 0 spiro atoms. The van der Waals surface area contributed by atoms with E-state index in [9.17, 15) is 8.42 Å². The van der Waals surface area contributed by atoms with Gasteiger partial charge in [-0.1, -0.05) is 44.2 Å². The van der Waals surface area contributed by atoms with Crippen molar-refractivity contribution < 1.29 is 8.42 Å². The minimum absolute atomic E-state index is 0.210. The van der Waals surface area contributed by atoms with Gasteiger partial charge in [0.1, 0.15) is 0 Å². The summed E-state index contributed by atoms with van der Waals surface area (Å²) in [7, 11) is -3.49. The Morgan fingerprint density at radius 2 is 1.95 bits per heavy atom. The Balaban J connectivity index is 3.20. The first-order valence-electron chi connectivity index (χ1n) is 6.86. The highest BCUT2D eigenvalue weighted by atomic mass is 32.2. The lowest BCUT2D eigenvalue weighted by Gasteiger charge is -2.21. The van der Waals surface area contributed by atoms with Crippen LogP contribution < -0.4 is 5.73 Å². The SMILES string of the molecule is CCCCN(CC)S(=O)(=O)c1ccccc1C#CCN. The van der Waals surface area contributed by atoms with Gasteiger partial charge in [0.05, 0.1) is 11.4 Å². The van der Waals surface area contributed by atoms with E-state index in [-0.39, 0.29) is 11.4 Å². The van der Waals surface area contributed by atoms with E-state index >= 15 is 0 Å². The van der Waals surface area contributed by atoms with Crippen LogP contribution in [0.25, 0.3) is 0 Å². The third kappa shape index (κ3) is 4.07. The van der Waals surface area contributed by atoms with Crippen molar-refractivity contribution in [2.75, 3.05) is 19.6 Å². The number of hydrogen-bond donors (Lipinski definition) is 1. The Hall–Kier alpha value is -1.35. The zero-order chi connectivity index (χ0) is 15.0. The molecule has 0 atom stereocenters. The van der Waals surface area contributed by atoms with E-state index in [2.05, 4.69) is 11.8 Å². The molecular formula is C15H22N2O2S. The molecule has 0 aliphatic carbocycles. The van der Waals surface area contributed by atoms with Gasteiger partial charge in [-0.15, -0.1) is 0 Å². The van der Waals surface area contributed by atoms with E-state index < -0.39 is 10.0 Å². The molecule has 1 rings (SSSR count). The van der Waals surface area contributed by atoms with Crippen molar-refractivity contribution in [3.63, 3.8) is 0 Å².